The van der Waals surface area contributed by atoms with Crippen molar-refractivity contribution in [3.05, 3.63) is 81.2 Å². The van der Waals surface area contributed by atoms with Crippen LogP contribution in [0.25, 0.3) is 5.69 Å². The largest absolute Gasteiger partial charge is 0.483 e. The van der Waals surface area contributed by atoms with E-state index in [1.54, 1.807) is 30.5 Å². The minimum absolute atomic E-state index is 0.0163. The summed E-state index contributed by atoms with van der Waals surface area (Å²) in [4.78, 5) is 15.6. The molecule has 10 heteroatoms. The number of sulfonamides is 1. The van der Waals surface area contributed by atoms with E-state index in [9.17, 15) is 13.2 Å². The molecule has 1 saturated carbocycles. The molecule has 2 aliphatic rings. The summed E-state index contributed by atoms with van der Waals surface area (Å²) in [5, 5.41) is 4.94. The number of rotatable bonds is 7. The van der Waals surface area contributed by atoms with Crippen molar-refractivity contribution in [1.82, 2.24) is 14.1 Å². The third-order valence-electron chi connectivity index (χ3n) is 7.13. The van der Waals surface area contributed by atoms with Crippen LogP contribution in [0, 0.1) is 6.92 Å². The van der Waals surface area contributed by atoms with Gasteiger partial charge in [0.25, 0.3) is 0 Å². The van der Waals surface area contributed by atoms with Gasteiger partial charge in [0.1, 0.15) is 5.69 Å². The molecule has 2 aromatic carbocycles. The van der Waals surface area contributed by atoms with E-state index < -0.39 is 10.0 Å². The Labute approximate surface area is 222 Å². The highest BCUT2D eigenvalue weighted by Crippen LogP contribution is 2.31. The van der Waals surface area contributed by atoms with Crippen LogP contribution < -0.4 is 15.2 Å². The van der Waals surface area contributed by atoms with Crippen molar-refractivity contribution in [3.63, 3.8) is 0 Å². The molecule has 1 saturated heterocycles. The SMILES string of the molecule is Cc1ccccc1CS(=O)(=O)N1CCN(c2cnn(-c3cccc(Cl)c3)c(=O)c2OC2CCCC2)CC1. The first-order valence-electron chi connectivity index (χ1n) is 12.6. The first kappa shape index (κ1) is 25.8. The second-order valence-electron chi connectivity index (χ2n) is 9.65. The van der Waals surface area contributed by atoms with Gasteiger partial charge in [-0.25, -0.2) is 8.42 Å². The molecule has 8 nitrogen and oxygen atoms in total. The Bertz CT molecular complexity index is 1430. The molecule has 3 aromatic rings. The lowest BCUT2D eigenvalue weighted by Crippen LogP contribution is -2.49. The Kier molecular flexibility index (Phi) is 7.55. The summed E-state index contributed by atoms with van der Waals surface area (Å²) in [5.41, 5.74) is 2.59. The van der Waals surface area contributed by atoms with Gasteiger partial charge in [0.15, 0.2) is 0 Å². The quantitative estimate of drug-likeness (QED) is 0.445. The molecular weight excluding hydrogens is 512 g/mol. The maximum atomic E-state index is 13.6. The normalized spacial score (nSPS) is 17.3. The number of aromatic nitrogens is 2. The topological polar surface area (TPSA) is 84.7 Å². The first-order valence-corrected chi connectivity index (χ1v) is 14.6. The van der Waals surface area contributed by atoms with Gasteiger partial charge in [0.05, 0.1) is 23.7 Å². The van der Waals surface area contributed by atoms with Crippen LogP contribution in [0.3, 0.4) is 0 Å². The molecule has 37 heavy (non-hydrogen) atoms. The first-order chi connectivity index (χ1) is 17.8. The molecule has 0 amide bonds. The summed E-state index contributed by atoms with van der Waals surface area (Å²) < 4.78 is 35.4. The van der Waals surface area contributed by atoms with Gasteiger partial charge in [-0.3, -0.25) is 4.79 Å². The molecule has 5 rings (SSSR count). The van der Waals surface area contributed by atoms with Gasteiger partial charge in [-0.15, -0.1) is 0 Å². The Balaban J connectivity index is 1.38. The Morgan fingerprint density at radius 3 is 2.46 bits per heavy atom. The van der Waals surface area contributed by atoms with E-state index in [1.807, 2.05) is 36.1 Å². The summed E-state index contributed by atoms with van der Waals surface area (Å²) in [7, 11) is -3.47. The zero-order valence-corrected chi connectivity index (χ0v) is 22.4. The van der Waals surface area contributed by atoms with Gasteiger partial charge in [0.2, 0.25) is 15.8 Å². The molecule has 1 aliphatic heterocycles. The molecule has 0 bridgehead atoms. The third-order valence-corrected chi connectivity index (χ3v) is 9.19. The van der Waals surface area contributed by atoms with Crippen molar-refractivity contribution in [3.8, 4) is 11.4 Å². The summed E-state index contributed by atoms with van der Waals surface area (Å²) in [6, 6.07) is 14.5. The molecule has 0 radical (unpaired) electrons. The number of halogens is 1. The lowest BCUT2D eigenvalue weighted by Gasteiger charge is -2.36. The average molecular weight is 543 g/mol. The number of nitrogens with zero attached hydrogens (tertiary/aromatic N) is 4. The highest BCUT2D eigenvalue weighted by molar-refractivity contribution is 7.88. The molecule has 1 aliphatic carbocycles. The number of ether oxygens (including phenoxy) is 1. The number of benzene rings is 2. The van der Waals surface area contributed by atoms with Crippen LogP contribution in [0.15, 0.2) is 59.5 Å². The van der Waals surface area contributed by atoms with E-state index in [0.29, 0.717) is 42.6 Å². The fraction of sp³-hybridized carbons (Fsp3) is 0.407. The predicted molar refractivity (Wildman–Crippen MR) is 145 cm³/mol. The molecule has 1 aromatic heterocycles. The minimum atomic E-state index is -3.47. The van der Waals surface area contributed by atoms with Gasteiger partial charge in [-0.2, -0.15) is 14.1 Å². The van der Waals surface area contributed by atoms with Gasteiger partial charge in [-0.1, -0.05) is 41.9 Å². The number of hydrogen-bond donors (Lipinski definition) is 0. The summed E-state index contributed by atoms with van der Waals surface area (Å²) in [6.07, 6.45) is 5.59. The summed E-state index contributed by atoms with van der Waals surface area (Å²) in [5.74, 6) is 0.241. The van der Waals surface area contributed by atoms with Crippen molar-refractivity contribution in [2.75, 3.05) is 31.1 Å². The van der Waals surface area contributed by atoms with Crippen LogP contribution in [0.1, 0.15) is 36.8 Å². The number of piperazine rings is 1. The van der Waals surface area contributed by atoms with E-state index in [0.717, 1.165) is 36.8 Å². The average Bonchev–Trinajstić information content (AvgIpc) is 3.40. The monoisotopic (exact) mass is 542 g/mol. The van der Waals surface area contributed by atoms with Crippen LogP contribution in [0.4, 0.5) is 5.69 Å². The third kappa shape index (κ3) is 5.68. The Hall–Kier alpha value is -2.88. The lowest BCUT2D eigenvalue weighted by atomic mass is 10.1. The van der Waals surface area contributed by atoms with Gasteiger partial charge >= 0.3 is 5.56 Å². The maximum Gasteiger partial charge on any atom is 0.316 e. The minimum Gasteiger partial charge on any atom is -0.483 e. The zero-order chi connectivity index (χ0) is 26.0. The standard InChI is InChI=1S/C27H31ClN4O4S/c1-20-7-2-3-8-21(20)19-37(34,35)31-15-13-30(14-16-31)25-18-29-32(23-10-6-9-22(28)17-23)27(33)26(25)36-24-11-4-5-12-24/h2-3,6-10,17-18,24H,4-5,11-16,19H2,1H3. The molecule has 0 unspecified atom stereocenters. The van der Waals surface area contributed by atoms with Crippen LogP contribution in [-0.2, 0) is 15.8 Å². The Morgan fingerprint density at radius 1 is 1.03 bits per heavy atom. The fourth-order valence-electron chi connectivity index (χ4n) is 5.00. The Morgan fingerprint density at radius 2 is 1.76 bits per heavy atom. The molecule has 2 heterocycles. The van der Waals surface area contributed by atoms with Crippen molar-refractivity contribution in [2.45, 2.75) is 44.5 Å². The fourth-order valence-corrected chi connectivity index (χ4v) is 6.80. The van der Waals surface area contributed by atoms with E-state index in [2.05, 4.69) is 5.10 Å². The van der Waals surface area contributed by atoms with Gasteiger partial charge < -0.3 is 9.64 Å². The van der Waals surface area contributed by atoms with Crippen molar-refractivity contribution >= 4 is 27.3 Å². The second-order valence-corrected chi connectivity index (χ2v) is 12.1. The van der Waals surface area contributed by atoms with E-state index in [4.69, 9.17) is 16.3 Å². The zero-order valence-electron chi connectivity index (χ0n) is 20.8. The highest BCUT2D eigenvalue weighted by atomic mass is 35.5. The number of aryl methyl sites for hydroxylation is 1. The van der Waals surface area contributed by atoms with Crippen LogP contribution in [0.5, 0.6) is 5.75 Å². The number of hydrogen-bond acceptors (Lipinski definition) is 6. The van der Waals surface area contributed by atoms with Crippen LogP contribution in [-0.4, -0.2) is 54.8 Å². The van der Waals surface area contributed by atoms with E-state index >= 15 is 0 Å². The number of anilines is 1. The molecular formula is C27H31ClN4O4S. The lowest BCUT2D eigenvalue weighted by molar-refractivity contribution is 0.205. The van der Waals surface area contributed by atoms with Gasteiger partial charge in [-0.05, 0) is 61.9 Å². The predicted octanol–water partition coefficient (Wildman–Crippen LogP) is 4.17. The van der Waals surface area contributed by atoms with Crippen molar-refractivity contribution in [2.24, 2.45) is 0 Å². The maximum absolute atomic E-state index is 13.6. The molecule has 196 valence electrons. The van der Waals surface area contributed by atoms with E-state index in [1.165, 1.54) is 8.99 Å². The van der Waals surface area contributed by atoms with E-state index in [-0.39, 0.29) is 23.2 Å². The molecule has 0 atom stereocenters. The van der Waals surface area contributed by atoms with Crippen molar-refractivity contribution < 1.29 is 13.2 Å². The molecule has 0 N–H and O–H groups in total. The van der Waals surface area contributed by atoms with Crippen LogP contribution in [0.2, 0.25) is 5.02 Å². The van der Waals surface area contributed by atoms with Crippen LogP contribution >= 0.6 is 11.6 Å². The van der Waals surface area contributed by atoms with Crippen molar-refractivity contribution in [1.29, 1.82) is 0 Å². The summed E-state index contributed by atoms with van der Waals surface area (Å²) >= 11 is 6.15. The van der Waals surface area contributed by atoms with Gasteiger partial charge in [0, 0.05) is 31.2 Å². The molecule has 2 fully saturated rings. The summed E-state index contributed by atoms with van der Waals surface area (Å²) in [6.45, 7) is 3.46. The molecule has 0 spiro atoms. The second kappa shape index (κ2) is 10.8. The highest BCUT2D eigenvalue weighted by Gasteiger charge is 2.31. The smallest absolute Gasteiger partial charge is 0.316 e.